The van der Waals surface area contributed by atoms with Gasteiger partial charge in [-0.1, -0.05) is 44.9 Å². The van der Waals surface area contributed by atoms with Crippen LogP contribution in [0.25, 0.3) is 0 Å². The van der Waals surface area contributed by atoms with Crippen LogP contribution in [0.5, 0.6) is 5.75 Å². The van der Waals surface area contributed by atoms with E-state index in [9.17, 15) is 0 Å². The molecule has 0 saturated carbocycles. The lowest BCUT2D eigenvalue weighted by Gasteiger charge is -2.28. The summed E-state index contributed by atoms with van der Waals surface area (Å²) in [6.45, 7) is 11.8. The van der Waals surface area contributed by atoms with Crippen molar-refractivity contribution in [1.82, 2.24) is 5.32 Å². The van der Waals surface area contributed by atoms with E-state index < -0.39 is 0 Å². The largest absolute Gasteiger partial charge is 0.489 e. The molecule has 1 aromatic carbocycles. The molecule has 0 aliphatic carbocycles. The molecule has 0 heterocycles. The third-order valence-electron chi connectivity index (χ3n) is 3.53. The van der Waals surface area contributed by atoms with E-state index in [2.05, 4.69) is 58.1 Å². The van der Waals surface area contributed by atoms with E-state index in [-0.39, 0.29) is 6.10 Å². The van der Waals surface area contributed by atoms with Crippen molar-refractivity contribution in [2.24, 2.45) is 0 Å². The zero-order valence-corrected chi connectivity index (χ0v) is 13.1. The first-order chi connectivity index (χ1) is 9.12. The third-order valence-corrected chi connectivity index (χ3v) is 3.53. The van der Waals surface area contributed by atoms with Gasteiger partial charge in [-0.2, -0.15) is 0 Å². The van der Waals surface area contributed by atoms with Crippen LogP contribution >= 0.6 is 0 Å². The molecular formula is C17H29NO. The van der Waals surface area contributed by atoms with Crippen molar-refractivity contribution in [3.63, 3.8) is 0 Å². The second-order valence-electron chi connectivity index (χ2n) is 5.29. The van der Waals surface area contributed by atoms with E-state index in [1.165, 1.54) is 17.5 Å². The highest BCUT2D eigenvalue weighted by Gasteiger charge is 2.20. The number of hydrogen-bond donors (Lipinski definition) is 1. The number of hydrogen-bond acceptors (Lipinski definition) is 2. The third kappa shape index (κ3) is 4.87. The molecule has 2 unspecified atom stereocenters. The van der Waals surface area contributed by atoms with E-state index in [1.54, 1.807) is 0 Å². The van der Waals surface area contributed by atoms with Gasteiger partial charge >= 0.3 is 0 Å². The Bertz CT molecular complexity index is 370. The fourth-order valence-corrected chi connectivity index (χ4v) is 2.54. The molecule has 2 atom stereocenters. The highest BCUT2D eigenvalue weighted by molar-refractivity contribution is 5.35. The maximum atomic E-state index is 6.25. The van der Waals surface area contributed by atoms with Crippen molar-refractivity contribution in [1.29, 1.82) is 0 Å². The van der Waals surface area contributed by atoms with Crippen molar-refractivity contribution in [3.05, 3.63) is 29.3 Å². The molecule has 19 heavy (non-hydrogen) atoms. The van der Waals surface area contributed by atoms with Crippen LogP contribution in [0.2, 0.25) is 0 Å². The number of likely N-dealkylation sites (N-methyl/N-ethyl adjacent to an activating group) is 1. The summed E-state index contributed by atoms with van der Waals surface area (Å²) < 4.78 is 6.25. The summed E-state index contributed by atoms with van der Waals surface area (Å²) in [5.74, 6) is 1.02. The van der Waals surface area contributed by atoms with Crippen molar-refractivity contribution < 1.29 is 4.74 Å². The molecule has 1 aromatic rings. The van der Waals surface area contributed by atoms with Gasteiger partial charge in [0.05, 0.1) is 0 Å². The van der Waals surface area contributed by atoms with Crippen LogP contribution in [0.1, 0.15) is 51.2 Å². The Kier molecular flexibility index (Phi) is 6.93. The topological polar surface area (TPSA) is 21.3 Å². The van der Waals surface area contributed by atoms with E-state index >= 15 is 0 Å². The summed E-state index contributed by atoms with van der Waals surface area (Å²) in [6.07, 6.45) is 3.63. The van der Waals surface area contributed by atoms with E-state index in [4.69, 9.17) is 4.74 Å². The molecule has 1 N–H and O–H groups in total. The van der Waals surface area contributed by atoms with Crippen molar-refractivity contribution in [2.45, 2.75) is 66.0 Å². The Morgan fingerprint density at radius 2 is 1.89 bits per heavy atom. The van der Waals surface area contributed by atoms with Crippen molar-refractivity contribution in [2.75, 3.05) is 6.54 Å². The van der Waals surface area contributed by atoms with Crippen LogP contribution in [-0.4, -0.2) is 18.7 Å². The minimum atomic E-state index is 0.251. The van der Waals surface area contributed by atoms with Gasteiger partial charge in [0.2, 0.25) is 0 Å². The van der Waals surface area contributed by atoms with Crippen LogP contribution in [0.15, 0.2) is 18.2 Å². The van der Waals surface area contributed by atoms with Crippen LogP contribution in [0.4, 0.5) is 0 Å². The Morgan fingerprint density at radius 1 is 1.16 bits per heavy atom. The molecule has 0 bridgehead atoms. The predicted molar refractivity (Wildman–Crippen MR) is 83.0 cm³/mol. The molecule has 0 amide bonds. The van der Waals surface area contributed by atoms with Crippen LogP contribution in [0.3, 0.4) is 0 Å². The zero-order chi connectivity index (χ0) is 14.3. The molecule has 0 aliphatic rings. The van der Waals surface area contributed by atoms with Gasteiger partial charge in [0.15, 0.2) is 0 Å². The lowest BCUT2D eigenvalue weighted by Crippen LogP contribution is -2.42. The van der Waals surface area contributed by atoms with E-state index in [0.717, 1.165) is 25.1 Å². The summed E-state index contributed by atoms with van der Waals surface area (Å²) in [7, 11) is 0. The first-order valence-electron chi connectivity index (χ1n) is 7.59. The fraction of sp³-hybridized carbons (Fsp3) is 0.647. The minimum Gasteiger partial charge on any atom is -0.489 e. The summed E-state index contributed by atoms with van der Waals surface area (Å²) in [5.41, 5.74) is 2.51. The van der Waals surface area contributed by atoms with E-state index in [1.807, 2.05) is 0 Å². The summed E-state index contributed by atoms with van der Waals surface area (Å²) >= 11 is 0. The van der Waals surface area contributed by atoms with Gasteiger partial charge in [0, 0.05) is 6.04 Å². The normalized spacial score (nSPS) is 14.2. The Morgan fingerprint density at radius 3 is 2.42 bits per heavy atom. The quantitative estimate of drug-likeness (QED) is 0.757. The van der Waals surface area contributed by atoms with Gasteiger partial charge in [0.1, 0.15) is 11.9 Å². The Labute approximate surface area is 118 Å². The lowest BCUT2D eigenvalue weighted by molar-refractivity contribution is 0.142. The smallest absolute Gasteiger partial charge is 0.122 e. The molecule has 2 nitrogen and oxygen atoms in total. The molecule has 108 valence electrons. The Balaban J connectivity index is 2.78. The van der Waals surface area contributed by atoms with Crippen LogP contribution < -0.4 is 10.1 Å². The average Bonchev–Trinajstić information content (AvgIpc) is 2.38. The fourth-order valence-electron chi connectivity index (χ4n) is 2.54. The van der Waals surface area contributed by atoms with Gasteiger partial charge in [-0.15, -0.1) is 0 Å². The second-order valence-corrected chi connectivity index (χ2v) is 5.29. The molecule has 0 aromatic heterocycles. The summed E-state index contributed by atoms with van der Waals surface area (Å²) in [5, 5.41) is 3.56. The predicted octanol–water partition coefficient (Wildman–Crippen LogP) is 4.24. The van der Waals surface area contributed by atoms with Gasteiger partial charge in [0.25, 0.3) is 0 Å². The highest BCUT2D eigenvalue weighted by Crippen LogP contribution is 2.22. The summed E-state index contributed by atoms with van der Waals surface area (Å²) in [4.78, 5) is 0. The number of benzene rings is 1. The van der Waals surface area contributed by atoms with Gasteiger partial charge < -0.3 is 10.1 Å². The maximum Gasteiger partial charge on any atom is 0.122 e. The maximum absolute atomic E-state index is 6.25. The van der Waals surface area contributed by atoms with Gasteiger partial charge in [-0.05, 0) is 44.9 Å². The molecule has 0 aliphatic heterocycles. The van der Waals surface area contributed by atoms with E-state index in [0.29, 0.717) is 6.04 Å². The van der Waals surface area contributed by atoms with Crippen molar-refractivity contribution >= 4 is 0 Å². The van der Waals surface area contributed by atoms with Gasteiger partial charge in [-0.25, -0.2) is 0 Å². The molecule has 0 radical (unpaired) electrons. The molecule has 0 fully saturated rings. The minimum absolute atomic E-state index is 0.251. The highest BCUT2D eigenvalue weighted by atomic mass is 16.5. The number of rotatable bonds is 8. The zero-order valence-electron chi connectivity index (χ0n) is 13.1. The molecule has 2 heteroatoms. The molecule has 0 saturated heterocycles. The number of aryl methyl sites for hydroxylation is 2. The molecule has 1 rings (SSSR count). The SMILES string of the molecule is CCCC(NCC)C(CC)Oc1ccc(C)cc1C. The van der Waals surface area contributed by atoms with Crippen molar-refractivity contribution in [3.8, 4) is 5.75 Å². The van der Waals surface area contributed by atoms with Gasteiger partial charge in [-0.3, -0.25) is 0 Å². The van der Waals surface area contributed by atoms with Crippen LogP contribution in [-0.2, 0) is 0 Å². The summed E-state index contributed by atoms with van der Waals surface area (Å²) in [6, 6.07) is 6.85. The van der Waals surface area contributed by atoms with Crippen LogP contribution in [0, 0.1) is 13.8 Å². The first kappa shape index (κ1) is 16.0. The monoisotopic (exact) mass is 263 g/mol. The standard InChI is InChI=1S/C17H29NO/c1-6-9-15(18-8-3)16(7-2)19-17-11-10-13(4)12-14(17)5/h10-12,15-16,18H,6-9H2,1-5H3. The second kappa shape index (κ2) is 8.21. The molecular weight excluding hydrogens is 234 g/mol. The average molecular weight is 263 g/mol. The number of ether oxygens (including phenoxy) is 1. The lowest BCUT2D eigenvalue weighted by atomic mass is 10.0. The Hall–Kier alpha value is -1.02. The molecule has 0 spiro atoms. The number of nitrogens with one attached hydrogen (secondary N) is 1. The first-order valence-corrected chi connectivity index (χ1v) is 7.59.